The van der Waals surface area contributed by atoms with Gasteiger partial charge in [0.15, 0.2) is 0 Å². The van der Waals surface area contributed by atoms with Crippen LogP contribution in [0.1, 0.15) is 43.7 Å². The Morgan fingerprint density at radius 2 is 1.74 bits per heavy atom. The van der Waals surface area contributed by atoms with Crippen molar-refractivity contribution >= 4 is 10.0 Å². The first-order chi connectivity index (χ1) is 8.88. The summed E-state index contributed by atoms with van der Waals surface area (Å²) in [6.07, 6.45) is 4.12. The fraction of sp³-hybridized carbons (Fsp3) is 0.600. The van der Waals surface area contributed by atoms with Gasteiger partial charge in [-0.15, -0.1) is 0 Å². The molecular weight excluding hydrogens is 258 g/mol. The minimum Gasteiger partial charge on any atom is -0.208 e. The fourth-order valence-electron chi connectivity index (χ4n) is 2.66. The van der Waals surface area contributed by atoms with Crippen LogP contribution in [0.4, 0.5) is 0 Å². The Morgan fingerprint density at radius 3 is 2.37 bits per heavy atom. The van der Waals surface area contributed by atoms with Crippen molar-refractivity contribution in [2.45, 2.75) is 57.4 Å². The zero-order chi connectivity index (χ0) is 14.0. The molecule has 106 valence electrons. The largest absolute Gasteiger partial charge is 0.241 e. The summed E-state index contributed by atoms with van der Waals surface area (Å²) in [4.78, 5) is 0.422. The zero-order valence-corrected chi connectivity index (χ0v) is 12.8. The normalized spacial score (nSPS) is 24.4. The monoisotopic (exact) mass is 281 g/mol. The lowest BCUT2D eigenvalue weighted by molar-refractivity contribution is 0.332. The van der Waals surface area contributed by atoms with E-state index in [1.54, 1.807) is 6.07 Å². The van der Waals surface area contributed by atoms with E-state index in [2.05, 4.69) is 11.6 Å². The van der Waals surface area contributed by atoms with Gasteiger partial charge in [-0.3, -0.25) is 0 Å². The van der Waals surface area contributed by atoms with Crippen molar-refractivity contribution in [2.24, 2.45) is 5.92 Å². The molecule has 0 aromatic heterocycles. The molecule has 1 fully saturated rings. The molecule has 19 heavy (non-hydrogen) atoms. The molecule has 1 aromatic rings. The Hall–Kier alpha value is -0.870. The lowest BCUT2D eigenvalue weighted by atomic mass is 9.88. The summed E-state index contributed by atoms with van der Waals surface area (Å²) in [6, 6.07) is 5.66. The first kappa shape index (κ1) is 14.5. The standard InChI is InChI=1S/C15H23NO2S/c1-11-5-8-14(9-6-11)16-19(17,18)15-10-12(2)4-7-13(15)3/h4,7,10-11,14,16H,5-6,8-9H2,1-3H3. The van der Waals surface area contributed by atoms with Crippen LogP contribution in [0.3, 0.4) is 0 Å². The van der Waals surface area contributed by atoms with E-state index in [0.29, 0.717) is 4.90 Å². The fourth-order valence-corrected chi connectivity index (χ4v) is 4.29. The Balaban J connectivity index is 2.16. The van der Waals surface area contributed by atoms with Crippen LogP contribution in [-0.4, -0.2) is 14.5 Å². The van der Waals surface area contributed by atoms with Crippen molar-refractivity contribution in [3.05, 3.63) is 29.3 Å². The maximum absolute atomic E-state index is 12.4. The van der Waals surface area contributed by atoms with Crippen molar-refractivity contribution in [3.63, 3.8) is 0 Å². The molecule has 1 aliphatic rings. The SMILES string of the molecule is Cc1ccc(C)c(S(=O)(=O)NC2CCC(C)CC2)c1. The van der Waals surface area contributed by atoms with Crippen molar-refractivity contribution < 1.29 is 8.42 Å². The highest BCUT2D eigenvalue weighted by Gasteiger charge is 2.25. The van der Waals surface area contributed by atoms with E-state index in [-0.39, 0.29) is 6.04 Å². The number of rotatable bonds is 3. The van der Waals surface area contributed by atoms with Crippen molar-refractivity contribution in [3.8, 4) is 0 Å². The highest BCUT2D eigenvalue weighted by Crippen LogP contribution is 2.25. The number of sulfonamides is 1. The van der Waals surface area contributed by atoms with Gasteiger partial charge in [0.1, 0.15) is 0 Å². The molecule has 0 heterocycles. The van der Waals surface area contributed by atoms with Crippen LogP contribution < -0.4 is 4.72 Å². The van der Waals surface area contributed by atoms with Gasteiger partial charge < -0.3 is 0 Å². The molecule has 1 aromatic carbocycles. The van der Waals surface area contributed by atoms with Gasteiger partial charge >= 0.3 is 0 Å². The second kappa shape index (κ2) is 5.63. The summed E-state index contributed by atoms with van der Waals surface area (Å²) in [5.41, 5.74) is 1.78. The van der Waals surface area contributed by atoms with E-state index in [1.807, 2.05) is 26.0 Å². The first-order valence-corrected chi connectivity index (χ1v) is 8.46. The van der Waals surface area contributed by atoms with Crippen LogP contribution in [0.5, 0.6) is 0 Å². The molecule has 1 N–H and O–H groups in total. The van der Waals surface area contributed by atoms with E-state index in [1.165, 1.54) is 0 Å². The topological polar surface area (TPSA) is 46.2 Å². The van der Waals surface area contributed by atoms with Gasteiger partial charge in [-0.1, -0.05) is 19.1 Å². The second-order valence-electron chi connectivity index (χ2n) is 5.85. The second-order valence-corrected chi connectivity index (χ2v) is 7.53. The average molecular weight is 281 g/mol. The van der Waals surface area contributed by atoms with Crippen LogP contribution in [0.15, 0.2) is 23.1 Å². The number of benzene rings is 1. The minimum absolute atomic E-state index is 0.0983. The third-order valence-corrected chi connectivity index (χ3v) is 5.63. The Kier molecular flexibility index (Phi) is 4.31. The molecule has 0 aliphatic heterocycles. The molecule has 0 amide bonds. The maximum atomic E-state index is 12.4. The summed E-state index contributed by atoms with van der Waals surface area (Å²) < 4.78 is 27.8. The van der Waals surface area contributed by atoms with Crippen LogP contribution in [0.2, 0.25) is 0 Å². The van der Waals surface area contributed by atoms with Gasteiger partial charge in [-0.05, 0) is 62.6 Å². The van der Waals surface area contributed by atoms with E-state index in [0.717, 1.165) is 42.7 Å². The van der Waals surface area contributed by atoms with Crippen LogP contribution in [0.25, 0.3) is 0 Å². The van der Waals surface area contributed by atoms with Crippen molar-refractivity contribution in [2.75, 3.05) is 0 Å². The number of hydrogen-bond acceptors (Lipinski definition) is 2. The Labute approximate surface area is 116 Å². The van der Waals surface area contributed by atoms with Crippen LogP contribution in [0, 0.1) is 19.8 Å². The van der Waals surface area contributed by atoms with Crippen molar-refractivity contribution in [1.29, 1.82) is 0 Å². The summed E-state index contributed by atoms with van der Waals surface area (Å²) in [6.45, 7) is 5.99. The predicted octanol–water partition coefficient (Wildman–Crippen LogP) is 3.16. The Bertz CT molecular complexity index is 543. The third-order valence-electron chi connectivity index (χ3n) is 3.97. The van der Waals surface area contributed by atoms with E-state index in [4.69, 9.17) is 0 Å². The van der Waals surface area contributed by atoms with Gasteiger partial charge in [0.05, 0.1) is 4.90 Å². The smallest absolute Gasteiger partial charge is 0.208 e. The summed E-state index contributed by atoms with van der Waals surface area (Å²) in [5.74, 6) is 0.724. The molecular formula is C15H23NO2S. The number of hydrogen-bond donors (Lipinski definition) is 1. The molecule has 1 saturated carbocycles. The molecule has 1 aliphatic carbocycles. The van der Waals surface area contributed by atoms with Gasteiger partial charge in [0.2, 0.25) is 10.0 Å². The molecule has 0 saturated heterocycles. The van der Waals surface area contributed by atoms with Gasteiger partial charge in [-0.25, -0.2) is 13.1 Å². The average Bonchev–Trinajstić information content (AvgIpc) is 2.35. The number of aryl methyl sites for hydroxylation is 2. The van der Waals surface area contributed by atoms with Gasteiger partial charge in [0, 0.05) is 6.04 Å². The van der Waals surface area contributed by atoms with Crippen molar-refractivity contribution in [1.82, 2.24) is 4.72 Å². The maximum Gasteiger partial charge on any atom is 0.241 e. The van der Waals surface area contributed by atoms with E-state index in [9.17, 15) is 8.42 Å². The molecule has 0 spiro atoms. The third kappa shape index (κ3) is 3.57. The minimum atomic E-state index is -3.38. The van der Waals surface area contributed by atoms with E-state index >= 15 is 0 Å². The van der Waals surface area contributed by atoms with Gasteiger partial charge in [-0.2, -0.15) is 0 Å². The first-order valence-electron chi connectivity index (χ1n) is 6.98. The summed E-state index contributed by atoms with van der Waals surface area (Å²) >= 11 is 0. The Morgan fingerprint density at radius 1 is 1.11 bits per heavy atom. The lowest BCUT2D eigenvalue weighted by Crippen LogP contribution is -2.37. The lowest BCUT2D eigenvalue weighted by Gasteiger charge is -2.27. The molecule has 0 bridgehead atoms. The summed E-state index contributed by atoms with van der Waals surface area (Å²) in [5, 5.41) is 0. The van der Waals surface area contributed by atoms with Gasteiger partial charge in [0.25, 0.3) is 0 Å². The molecule has 0 radical (unpaired) electrons. The highest BCUT2D eigenvalue weighted by molar-refractivity contribution is 7.89. The molecule has 2 rings (SSSR count). The molecule has 0 unspecified atom stereocenters. The molecule has 0 atom stereocenters. The molecule has 4 heteroatoms. The predicted molar refractivity (Wildman–Crippen MR) is 77.7 cm³/mol. The quantitative estimate of drug-likeness (QED) is 0.925. The number of nitrogens with one attached hydrogen (secondary N) is 1. The molecule has 3 nitrogen and oxygen atoms in total. The van der Waals surface area contributed by atoms with Crippen LogP contribution >= 0.6 is 0 Å². The highest BCUT2D eigenvalue weighted by atomic mass is 32.2. The zero-order valence-electron chi connectivity index (χ0n) is 11.9. The van der Waals surface area contributed by atoms with Crippen LogP contribution in [-0.2, 0) is 10.0 Å². The summed E-state index contributed by atoms with van der Waals surface area (Å²) in [7, 11) is -3.38. The van der Waals surface area contributed by atoms with E-state index < -0.39 is 10.0 Å².